The van der Waals surface area contributed by atoms with Crippen molar-refractivity contribution >= 4 is 0 Å². The highest BCUT2D eigenvalue weighted by atomic mass is 16.7. The summed E-state index contributed by atoms with van der Waals surface area (Å²) in [4.78, 5) is 0. The van der Waals surface area contributed by atoms with Crippen LogP contribution in [-0.4, -0.2) is 19.8 Å². The van der Waals surface area contributed by atoms with Gasteiger partial charge in [-0.2, -0.15) is 0 Å². The second-order valence-electron chi connectivity index (χ2n) is 5.92. The van der Waals surface area contributed by atoms with E-state index in [4.69, 9.17) is 14.2 Å². The van der Waals surface area contributed by atoms with Crippen LogP contribution in [0.4, 0.5) is 0 Å². The second kappa shape index (κ2) is 5.93. The lowest BCUT2D eigenvalue weighted by atomic mass is 9.86. The molecule has 3 nitrogen and oxygen atoms in total. The fraction of sp³-hybridized carbons (Fsp3) is 0.625. The average Bonchev–Trinajstić information content (AvgIpc) is 2.88. The van der Waals surface area contributed by atoms with Gasteiger partial charge in [-0.1, -0.05) is 33.8 Å². The van der Waals surface area contributed by atoms with Crippen molar-refractivity contribution in [2.45, 2.75) is 45.8 Å². The number of hydrogen-bond acceptors (Lipinski definition) is 3. The topological polar surface area (TPSA) is 27.7 Å². The minimum atomic E-state index is -0.283. The summed E-state index contributed by atoms with van der Waals surface area (Å²) < 4.78 is 17.1. The van der Waals surface area contributed by atoms with E-state index in [0.717, 1.165) is 17.7 Å². The molecule has 1 aromatic rings. The molecule has 1 fully saturated rings. The molecule has 0 aliphatic carbocycles. The van der Waals surface area contributed by atoms with Gasteiger partial charge in [0.25, 0.3) is 0 Å². The van der Waals surface area contributed by atoms with Crippen molar-refractivity contribution in [2.24, 2.45) is 0 Å². The van der Waals surface area contributed by atoms with Crippen molar-refractivity contribution in [2.75, 3.05) is 19.8 Å². The Labute approximate surface area is 115 Å². The van der Waals surface area contributed by atoms with Crippen molar-refractivity contribution in [1.29, 1.82) is 0 Å². The summed E-state index contributed by atoms with van der Waals surface area (Å²) in [6.07, 6.45) is 0.710. The molecule has 1 aliphatic rings. The van der Waals surface area contributed by atoms with E-state index in [9.17, 15) is 0 Å². The molecule has 0 aromatic heterocycles. The normalized spacial score (nSPS) is 16.8. The first-order chi connectivity index (χ1) is 9.02. The first-order valence-electron chi connectivity index (χ1n) is 7.03. The smallest absolute Gasteiger partial charge is 0.187 e. The second-order valence-corrected chi connectivity index (χ2v) is 5.92. The van der Waals surface area contributed by atoms with Crippen LogP contribution in [0.5, 0.6) is 5.75 Å². The standard InChI is InChI=1S/C16H24O3/c1-5-8-17-14-7-6-12(16(2,3)4)11-13(14)15-18-9-10-19-15/h6-7,11,15H,5,8-10H2,1-4H3. The van der Waals surface area contributed by atoms with E-state index in [0.29, 0.717) is 19.8 Å². The van der Waals surface area contributed by atoms with E-state index in [1.54, 1.807) is 0 Å². The van der Waals surface area contributed by atoms with Crippen molar-refractivity contribution in [3.05, 3.63) is 29.3 Å². The Bertz CT molecular complexity index is 414. The van der Waals surface area contributed by atoms with Gasteiger partial charge in [0.05, 0.1) is 25.4 Å². The molecule has 19 heavy (non-hydrogen) atoms. The van der Waals surface area contributed by atoms with Gasteiger partial charge in [0.15, 0.2) is 6.29 Å². The summed E-state index contributed by atoms with van der Waals surface area (Å²) in [5.74, 6) is 0.877. The molecule has 0 radical (unpaired) electrons. The summed E-state index contributed by atoms with van der Waals surface area (Å²) in [6.45, 7) is 10.7. The first kappa shape index (κ1) is 14.4. The predicted molar refractivity (Wildman–Crippen MR) is 75.6 cm³/mol. The maximum atomic E-state index is 5.81. The Morgan fingerprint density at radius 3 is 2.47 bits per heavy atom. The summed E-state index contributed by atoms with van der Waals surface area (Å²) in [5, 5.41) is 0. The minimum absolute atomic E-state index is 0.108. The molecule has 0 unspecified atom stereocenters. The monoisotopic (exact) mass is 264 g/mol. The van der Waals surface area contributed by atoms with Crippen LogP contribution >= 0.6 is 0 Å². The summed E-state index contributed by atoms with van der Waals surface area (Å²) in [7, 11) is 0. The van der Waals surface area contributed by atoms with E-state index in [1.807, 2.05) is 6.07 Å². The van der Waals surface area contributed by atoms with Crippen molar-refractivity contribution < 1.29 is 14.2 Å². The van der Waals surface area contributed by atoms with Gasteiger partial charge in [-0.15, -0.1) is 0 Å². The molecule has 0 amide bonds. The van der Waals surface area contributed by atoms with Crippen LogP contribution in [0.15, 0.2) is 18.2 Å². The molecule has 0 saturated carbocycles. The van der Waals surface area contributed by atoms with Crippen LogP contribution in [0.25, 0.3) is 0 Å². The molecule has 2 rings (SSSR count). The lowest BCUT2D eigenvalue weighted by Crippen LogP contribution is -2.13. The largest absolute Gasteiger partial charge is 0.493 e. The van der Waals surface area contributed by atoms with E-state index in [1.165, 1.54) is 5.56 Å². The van der Waals surface area contributed by atoms with Crippen LogP contribution in [-0.2, 0) is 14.9 Å². The molecule has 1 aliphatic heterocycles. The third kappa shape index (κ3) is 3.48. The minimum Gasteiger partial charge on any atom is -0.493 e. The maximum absolute atomic E-state index is 5.81. The molecule has 0 spiro atoms. The quantitative estimate of drug-likeness (QED) is 0.827. The molecule has 1 aromatic carbocycles. The Kier molecular flexibility index (Phi) is 4.48. The van der Waals surface area contributed by atoms with Gasteiger partial charge in [-0.3, -0.25) is 0 Å². The van der Waals surface area contributed by atoms with E-state index < -0.39 is 0 Å². The fourth-order valence-corrected chi connectivity index (χ4v) is 2.08. The van der Waals surface area contributed by atoms with Crippen LogP contribution in [0.1, 0.15) is 51.5 Å². The van der Waals surface area contributed by atoms with E-state index in [2.05, 4.69) is 39.8 Å². The zero-order valence-electron chi connectivity index (χ0n) is 12.4. The van der Waals surface area contributed by atoms with Gasteiger partial charge in [0.1, 0.15) is 5.75 Å². The van der Waals surface area contributed by atoms with Gasteiger partial charge in [-0.25, -0.2) is 0 Å². The van der Waals surface area contributed by atoms with Crippen molar-refractivity contribution in [3.8, 4) is 5.75 Å². The maximum Gasteiger partial charge on any atom is 0.187 e. The molecule has 106 valence electrons. The summed E-state index contributed by atoms with van der Waals surface area (Å²) >= 11 is 0. The zero-order valence-corrected chi connectivity index (χ0v) is 12.4. The Hall–Kier alpha value is -1.06. The first-order valence-corrected chi connectivity index (χ1v) is 7.03. The Morgan fingerprint density at radius 2 is 1.89 bits per heavy atom. The third-order valence-electron chi connectivity index (χ3n) is 3.21. The number of rotatable bonds is 4. The SMILES string of the molecule is CCCOc1ccc(C(C)(C)C)cc1C1OCCO1. The van der Waals surface area contributed by atoms with Crippen LogP contribution in [0.2, 0.25) is 0 Å². The average molecular weight is 264 g/mol. The molecule has 1 saturated heterocycles. The number of hydrogen-bond donors (Lipinski definition) is 0. The zero-order chi connectivity index (χ0) is 13.9. The molecule has 0 N–H and O–H groups in total. The van der Waals surface area contributed by atoms with Crippen molar-refractivity contribution in [3.63, 3.8) is 0 Å². The lowest BCUT2D eigenvalue weighted by molar-refractivity contribution is -0.0458. The van der Waals surface area contributed by atoms with Crippen LogP contribution in [0.3, 0.4) is 0 Å². The highest BCUT2D eigenvalue weighted by Crippen LogP contribution is 2.35. The molecule has 3 heteroatoms. The predicted octanol–water partition coefficient (Wildman–Crippen LogP) is 3.82. The molecule has 0 bridgehead atoms. The third-order valence-corrected chi connectivity index (χ3v) is 3.21. The fourth-order valence-electron chi connectivity index (χ4n) is 2.08. The lowest BCUT2D eigenvalue weighted by Gasteiger charge is -2.23. The Morgan fingerprint density at radius 1 is 1.21 bits per heavy atom. The highest BCUT2D eigenvalue weighted by molar-refractivity contribution is 5.40. The Balaban J connectivity index is 2.32. The van der Waals surface area contributed by atoms with Gasteiger partial charge in [-0.05, 0) is 29.5 Å². The summed E-state index contributed by atoms with van der Waals surface area (Å²) in [5.41, 5.74) is 2.39. The molecule has 0 atom stereocenters. The number of benzene rings is 1. The van der Waals surface area contributed by atoms with E-state index >= 15 is 0 Å². The van der Waals surface area contributed by atoms with Gasteiger partial charge >= 0.3 is 0 Å². The van der Waals surface area contributed by atoms with Crippen molar-refractivity contribution in [1.82, 2.24) is 0 Å². The molecular weight excluding hydrogens is 240 g/mol. The summed E-state index contributed by atoms with van der Waals surface area (Å²) in [6, 6.07) is 6.32. The van der Waals surface area contributed by atoms with E-state index in [-0.39, 0.29) is 11.7 Å². The molecule has 1 heterocycles. The van der Waals surface area contributed by atoms with Crippen LogP contribution < -0.4 is 4.74 Å². The van der Waals surface area contributed by atoms with Crippen LogP contribution in [0, 0.1) is 0 Å². The number of ether oxygens (including phenoxy) is 3. The highest BCUT2D eigenvalue weighted by Gasteiger charge is 2.24. The van der Waals surface area contributed by atoms with Gasteiger partial charge < -0.3 is 14.2 Å². The van der Waals surface area contributed by atoms with Gasteiger partial charge in [0, 0.05) is 0 Å². The van der Waals surface area contributed by atoms with Gasteiger partial charge in [0.2, 0.25) is 0 Å². The molecular formula is C16H24O3.